The molecule has 0 atom stereocenters. The molecule has 1 aliphatic rings. The molecule has 23 heavy (non-hydrogen) atoms. The monoisotopic (exact) mass is 337 g/mol. The van der Waals surface area contributed by atoms with Gasteiger partial charge in [0.2, 0.25) is 0 Å². The number of ether oxygens (including phenoxy) is 1. The Labute approximate surface area is 145 Å². The van der Waals surface area contributed by atoms with Crippen molar-refractivity contribution >= 4 is 17.4 Å². The van der Waals surface area contributed by atoms with Crippen LogP contribution in [0.1, 0.15) is 55.3 Å². The molecule has 1 aliphatic heterocycles. The fourth-order valence-electron chi connectivity index (χ4n) is 2.95. The van der Waals surface area contributed by atoms with Crippen LogP contribution in [0.15, 0.2) is 24.3 Å². The molecule has 0 aliphatic carbocycles. The van der Waals surface area contributed by atoms with Crippen LogP contribution in [-0.2, 0) is 0 Å². The van der Waals surface area contributed by atoms with Crippen LogP contribution in [0.2, 0.25) is 0 Å². The number of carbonyl (C=O) groups excluding carboxylic acids is 1. The van der Waals surface area contributed by atoms with Gasteiger partial charge in [-0.15, -0.1) is 11.6 Å². The van der Waals surface area contributed by atoms with E-state index in [0.717, 1.165) is 37.3 Å². The molecular formula is C19H28ClNO2. The Morgan fingerprint density at radius 3 is 2.39 bits per heavy atom. The van der Waals surface area contributed by atoms with E-state index in [0.29, 0.717) is 12.3 Å². The van der Waals surface area contributed by atoms with Crippen molar-refractivity contribution in [3.05, 3.63) is 29.8 Å². The van der Waals surface area contributed by atoms with Crippen LogP contribution in [0.4, 0.5) is 0 Å². The van der Waals surface area contributed by atoms with Crippen molar-refractivity contribution in [2.24, 2.45) is 0 Å². The lowest BCUT2D eigenvalue weighted by atomic mass is 10.1. The topological polar surface area (TPSA) is 29.5 Å². The Hall–Kier alpha value is -1.06. The molecule has 1 aromatic carbocycles. The molecule has 128 valence electrons. The van der Waals surface area contributed by atoms with Crippen molar-refractivity contribution in [1.29, 1.82) is 0 Å². The summed E-state index contributed by atoms with van der Waals surface area (Å²) in [4.78, 5) is 14.4. The van der Waals surface area contributed by atoms with Crippen LogP contribution in [0.3, 0.4) is 0 Å². The van der Waals surface area contributed by atoms with Crippen LogP contribution in [0.25, 0.3) is 0 Å². The molecule has 3 nitrogen and oxygen atoms in total. The summed E-state index contributed by atoms with van der Waals surface area (Å²) in [5.41, 5.74) is 0.743. The molecular weight excluding hydrogens is 310 g/mol. The third-order valence-corrected chi connectivity index (χ3v) is 4.57. The lowest BCUT2D eigenvalue weighted by molar-refractivity contribution is 0.0982. The zero-order valence-electron chi connectivity index (χ0n) is 13.9. The average Bonchev–Trinajstić information content (AvgIpc) is 2.86. The molecule has 0 unspecified atom stereocenters. The number of hydrogen-bond acceptors (Lipinski definition) is 3. The van der Waals surface area contributed by atoms with E-state index >= 15 is 0 Å². The molecule has 0 N–H and O–H groups in total. The van der Waals surface area contributed by atoms with Gasteiger partial charge in [-0.1, -0.05) is 12.8 Å². The number of alkyl halides is 1. The van der Waals surface area contributed by atoms with Gasteiger partial charge in [-0.05, 0) is 63.0 Å². The smallest absolute Gasteiger partial charge is 0.162 e. The number of ketones is 1. The average molecular weight is 338 g/mol. The Morgan fingerprint density at radius 1 is 1.04 bits per heavy atom. The minimum absolute atomic E-state index is 0.151. The lowest BCUT2D eigenvalue weighted by Gasteiger charge is -2.19. The van der Waals surface area contributed by atoms with Crippen molar-refractivity contribution < 1.29 is 9.53 Å². The van der Waals surface area contributed by atoms with Crippen LogP contribution in [0, 0.1) is 0 Å². The van der Waals surface area contributed by atoms with E-state index in [-0.39, 0.29) is 5.78 Å². The largest absolute Gasteiger partial charge is 0.494 e. The Kier molecular flexibility index (Phi) is 8.48. The van der Waals surface area contributed by atoms with Gasteiger partial charge < -0.3 is 9.64 Å². The Morgan fingerprint density at radius 2 is 1.74 bits per heavy atom. The first kappa shape index (κ1) is 18.3. The predicted molar refractivity (Wildman–Crippen MR) is 95.7 cm³/mol. The van der Waals surface area contributed by atoms with Crippen molar-refractivity contribution in [3.8, 4) is 5.75 Å². The van der Waals surface area contributed by atoms with E-state index in [1.165, 1.54) is 38.8 Å². The SMILES string of the molecule is O=C(CCCCl)c1ccc(OCCCN2CCCCCC2)cc1. The zero-order valence-corrected chi connectivity index (χ0v) is 14.7. The number of hydrogen-bond donors (Lipinski definition) is 0. The quantitative estimate of drug-likeness (QED) is 0.376. The second-order valence-electron chi connectivity index (χ2n) is 6.20. The van der Waals surface area contributed by atoms with Gasteiger partial charge in [-0.2, -0.15) is 0 Å². The minimum Gasteiger partial charge on any atom is -0.494 e. The number of halogens is 1. The van der Waals surface area contributed by atoms with E-state index in [2.05, 4.69) is 4.90 Å². The Bertz CT molecular complexity index is 453. The van der Waals surface area contributed by atoms with Crippen LogP contribution in [-0.4, -0.2) is 42.8 Å². The summed E-state index contributed by atoms with van der Waals surface area (Å²) in [6, 6.07) is 7.47. The van der Waals surface area contributed by atoms with E-state index in [1.54, 1.807) is 0 Å². The number of rotatable bonds is 9. The molecule has 0 aromatic heterocycles. The van der Waals surface area contributed by atoms with Crippen LogP contribution < -0.4 is 4.74 Å². The van der Waals surface area contributed by atoms with Crippen LogP contribution in [0.5, 0.6) is 5.75 Å². The molecule has 1 fully saturated rings. The number of likely N-dealkylation sites (tertiary alicyclic amines) is 1. The van der Waals surface area contributed by atoms with Gasteiger partial charge in [0.15, 0.2) is 5.78 Å². The van der Waals surface area contributed by atoms with Gasteiger partial charge in [-0.25, -0.2) is 0 Å². The van der Waals surface area contributed by atoms with Gasteiger partial charge in [0.1, 0.15) is 5.75 Å². The van der Waals surface area contributed by atoms with Gasteiger partial charge in [0.05, 0.1) is 6.61 Å². The van der Waals surface area contributed by atoms with Gasteiger partial charge in [0.25, 0.3) is 0 Å². The van der Waals surface area contributed by atoms with Crippen molar-refractivity contribution in [3.63, 3.8) is 0 Å². The highest BCUT2D eigenvalue weighted by Gasteiger charge is 2.08. The highest BCUT2D eigenvalue weighted by atomic mass is 35.5. The molecule has 0 spiro atoms. The highest BCUT2D eigenvalue weighted by molar-refractivity contribution is 6.18. The molecule has 0 bridgehead atoms. The second-order valence-corrected chi connectivity index (χ2v) is 6.58. The summed E-state index contributed by atoms with van der Waals surface area (Å²) >= 11 is 5.62. The number of nitrogens with zero attached hydrogens (tertiary/aromatic N) is 1. The molecule has 1 heterocycles. The van der Waals surface area contributed by atoms with Crippen molar-refractivity contribution in [2.75, 3.05) is 32.1 Å². The fraction of sp³-hybridized carbons (Fsp3) is 0.632. The maximum atomic E-state index is 11.9. The zero-order chi connectivity index (χ0) is 16.3. The summed E-state index contributed by atoms with van der Waals surface area (Å²) < 4.78 is 5.79. The van der Waals surface area contributed by atoms with Gasteiger partial charge >= 0.3 is 0 Å². The number of carbonyl (C=O) groups is 1. The second kappa shape index (κ2) is 10.7. The molecule has 1 aromatic rings. The third kappa shape index (κ3) is 6.92. The fourth-order valence-corrected chi connectivity index (χ4v) is 3.08. The molecule has 1 saturated heterocycles. The van der Waals surface area contributed by atoms with Gasteiger partial charge in [-0.3, -0.25) is 4.79 Å². The molecule has 0 amide bonds. The summed E-state index contributed by atoms with van der Waals surface area (Å²) in [5, 5.41) is 0. The third-order valence-electron chi connectivity index (χ3n) is 4.30. The molecule has 4 heteroatoms. The first-order valence-corrected chi connectivity index (χ1v) is 9.37. The van der Waals surface area contributed by atoms with Crippen molar-refractivity contribution in [1.82, 2.24) is 4.90 Å². The standard InChI is InChI=1S/C19H28ClNO2/c20-12-5-7-19(22)17-8-10-18(11-9-17)23-16-6-15-21-13-3-1-2-4-14-21/h8-11H,1-7,12-16H2. The summed E-state index contributed by atoms with van der Waals surface area (Å²) in [6.45, 7) is 4.32. The highest BCUT2D eigenvalue weighted by Crippen LogP contribution is 2.15. The molecule has 0 saturated carbocycles. The summed E-state index contributed by atoms with van der Waals surface area (Å²) in [7, 11) is 0. The Balaban J connectivity index is 1.66. The normalized spacial score (nSPS) is 16.0. The van der Waals surface area contributed by atoms with Crippen LogP contribution >= 0.6 is 11.6 Å². The number of Topliss-reactive ketones (excluding diaryl/α,β-unsaturated/α-hetero) is 1. The van der Waals surface area contributed by atoms with E-state index in [9.17, 15) is 4.79 Å². The maximum absolute atomic E-state index is 11.9. The molecule has 2 rings (SSSR count). The molecule has 0 radical (unpaired) electrons. The summed E-state index contributed by atoms with van der Waals surface area (Å²) in [6.07, 6.45) is 7.72. The van der Waals surface area contributed by atoms with E-state index in [1.807, 2.05) is 24.3 Å². The van der Waals surface area contributed by atoms with E-state index < -0.39 is 0 Å². The first-order chi connectivity index (χ1) is 11.3. The first-order valence-electron chi connectivity index (χ1n) is 8.84. The predicted octanol–water partition coefficient (Wildman–Crippen LogP) is 4.53. The van der Waals surface area contributed by atoms with Gasteiger partial charge in [0, 0.05) is 24.4 Å². The maximum Gasteiger partial charge on any atom is 0.162 e. The van der Waals surface area contributed by atoms with Crippen molar-refractivity contribution in [2.45, 2.75) is 44.9 Å². The number of benzene rings is 1. The minimum atomic E-state index is 0.151. The lowest BCUT2D eigenvalue weighted by Crippen LogP contribution is -2.26. The van der Waals surface area contributed by atoms with E-state index in [4.69, 9.17) is 16.3 Å². The summed E-state index contributed by atoms with van der Waals surface area (Å²) in [5.74, 6) is 1.53.